The first-order valence-corrected chi connectivity index (χ1v) is 19.9. The summed E-state index contributed by atoms with van der Waals surface area (Å²) in [6, 6.07) is 7.42. The second-order valence-corrected chi connectivity index (χ2v) is 15.9. The Balaban J connectivity index is 0.00000620. The number of aliphatic carboxylic acids is 4. The SMILES string of the molecule is O=C([O-])CN1CCN(CC(=O)[O-])CCN(C(CCCNC(=O)C2C(O)CC[C@H]3CN4CCc5c([nH]c6ccccc56)[C@H]4C[C@@H]23)C(=O)O)CCN(CC(=O)[O-])CC1.[Ga+3]. The van der Waals surface area contributed by atoms with E-state index in [-0.39, 0.29) is 109 Å². The van der Waals surface area contributed by atoms with Gasteiger partial charge in [-0.05, 0) is 62.0 Å². The number of para-hydroxylation sites is 1. The van der Waals surface area contributed by atoms with E-state index in [1.807, 2.05) is 6.07 Å². The number of aliphatic hydroxyl groups excluding tert-OH is 1. The maximum absolute atomic E-state index is 13.9. The van der Waals surface area contributed by atoms with Gasteiger partial charge < -0.3 is 50.2 Å². The number of aromatic amines is 1. The van der Waals surface area contributed by atoms with E-state index >= 15 is 0 Å². The van der Waals surface area contributed by atoms with Crippen molar-refractivity contribution in [1.82, 2.24) is 34.8 Å². The molecule has 3 aliphatic heterocycles. The molecular formula is C39H54GaN7O10. The number of carbonyl (C=O) groups excluding carboxylic acids is 4. The van der Waals surface area contributed by atoms with Gasteiger partial charge in [-0.25, -0.2) is 0 Å². The quantitative estimate of drug-likeness (QED) is 0.111. The fourth-order valence-corrected chi connectivity index (χ4v) is 9.68. The Morgan fingerprint density at radius 3 is 1.98 bits per heavy atom. The van der Waals surface area contributed by atoms with Crippen LogP contribution in [0.1, 0.15) is 49.4 Å². The molecule has 1 aromatic carbocycles. The second kappa shape index (κ2) is 20.5. The van der Waals surface area contributed by atoms with Crippen LogP contribution in [0.2, 0.25) is 0 Å². The molecule has 3 fully saturated rings. The van der Waals surface area contributed by atoms with Crippen molar-refractivity contribution >= 4 is 60.5 Å². The van der Waals surface area contributed by atoms with Crippen LogP contribution in [0, 0.1) is 17.8 Å². The molecule has 6 rings (SSSR count). The summed E-state index contributed by atoms with van der Waals surface area (Å²) in [5.74, 6) is -5.63. The van der Waals surface area contributed by atoms with Crippen molar-refractivity contribution < 1.29 is 49.5 Å². The molecule has 2 aromatic rings. The normalized spacial score (nSPS) is 26.4. The average molecular weight is 851 g/mol. The van der Waals surface area contributed by atoms with Crippen molar-refractivity contribution in [2.24, 2.45) is 17.8 Å². The van der Waals surface area contributed by atoms with Gasteiger partial charge in [-0.3, -0.25) is 34.1 Å². The van der Waals surface area contributed by atoms with Crippen molar-refractivity contribution in [3.05, 3.63) is 35.5 Å². The zero-order valence-corrected chi connectivity index (χ0v) is 34.8. The summed E-state index contributed by atoms with van der Waals surface area (Å²) in [5.41, 5.74) is 3.65. The van der Waals surface area contributed by atoms with Crippen LogP contribution in [-0.4, -0.2) is 193 Å². The van der Waals surface area contributed by atoms with Gasteiger partial charge in [0.2, 0.25) is 5.91 Å². The molecule has 6 atom stereocenters. The summed E-state index contributed by atoms with van der Waals surface area (Å²) in [4.78, 5) is 73.6. The molecule has 0 bridgehead atoms. The van der Waals surface area contributed by atoms with Crippen LogP contribution in [0.5, 0.6) is 0 Å². The van der Waals surface area contributed by atoms with E-state index in [1.165, 1.54) is 21.5 Å². The van der Waals surface area contributed by atoms with Gasteiger partial charge >= 0.3 is 25.8 Å². The first-order chi connectivity index (χ1) is 26.9. The van der Waals surface area contributed by atoms with Crippen LogP contribution in [0.25, 0.3) is 10.9 Å². The number of aromatic nitrogens is 1. The number of hydrogen-bond acceptors (Lipinski definition) is 14. The van der Waals surface area contributed by atoms with Gasteiger partial charge in [0, 0.05) is 108 Å². The van der Waals surface area contributed by atoms with Gasteiger partial charge in [0.15, 0.2) is 0 Å². The second-order valence-electron chi connectivity index (χ2n) is 15.9. The van der Waals surface area contributed by atoms with Crippen LogP contribution < -0.4 is 20.6 Å². The Kier molecular flexibility index (Phi) is 16.0. The minimum atomic E-state index is -1.33. The number of H-pyrrole nitrogens is 1. The van der Waals surface area contributed by atoms with Crippen LogP contribution in [0.15, 0.2) is 24.3 Å². The average Bonchev–Trinajstić information content (AvgIpc) is 3.53. The number of rotatable bonds is 13. The zero-order valence-electron chi connectivity index (χ0n) is 32.4. The van der Waals surface area contributed by atoms with Crippen molar-refractivity contribution in [2.75, 3.05) is 91.6 Å². The summed E-state index contributed by atoms with van der Waals surface area (Å²) < 4.78 is 0. The molecule has 18 heteroatoms. The molecule has 1 aliphatic carbocycles. The number of piperidine rings is 1. The molecular weight excluding hydrogens is 796 g/mol. The molecule has 0 spiro atoms. The molecule has 4 aliphatic rings. The number of nitrogens with zero attached hydrogens (tertiary/aromatic N) is 5. The Labute approximate surface area is 345 Å². The molecule has 4 heterocycles. The largest absolute Gasteiger partial charge is 3.00 e. The third-order valence-electron chi connectivity index (χ3n) is 12.5. The third-order valence-corrected chi connectivity index (χ3v) is 12.5. The number of carboxylic acid groups (broad SMARTS) is 4. The molecule has 3 unspecified atom stereocenters. The summed E-state index contributed by atoms with van der Waals surface area (Å²) in [6.07, 6.45) is 2.81. The molecule has 57 heavy (non-hydrogen) atoms. The predicted molar refractivity (Wildman–Crippen MR) is 202 cm³/mol. The molecule has 2 saturated heterocycles. The van der Waals surface area contributed by atoms with E-state index < -0.39 is 61.6 Å². The maximum Gasteiger partial charge on any atom is 3.00 e. The fourth-order valence-electron chi connectivity index (χ4n) is 9.68. The van der Waals surface area contributed by atoms with Crippen LogP contribution >= 0.6 is 0 Å². The number of hydrogen-bond donors (Lipinski definition) is 4. The number of fused-ring (bicyclic) bond motifs is 6. The molecule has 308 valence electrons. The van der Waals surface area contributed by atoms with Gasteiger partial charge in [0.05, 0.1) is 36.0 Å². The Morgan fingerprint density at radius 2 is 1.40 bits per heavy atom. The van der Waals surface area contributed by atoms with Crippen LogP contribution in [0.3, 0.4) is 0 Å². The van der Waals surface area contributed by atoms with Gasteiger partial charge in [-0.15, -0.1) is 0 Å². The predicted octanol–water partition coefficient (Wildman–Crippen LogP) is -4.09. The first-order valence-electron chi connectivity index (χ1n) is 19.9. The molecule has 1 aromatic heterocycles. The summed E-state index contributed by atoms with van der Waals surface area (Å²) in [6.45, 7) is 1.85. The van der Waals surface area contributed by atoms with E-state index in [2.05, 4.69) is 33.4 Å². The smallest absolute Gasteiger partial charge is 0.549 e. The van der Waals surface area contributed by atoms with Crippen molar-refractivity contribution in [2.45, 2.75) is 56.7 Å². The van der Waals surface area contributed by atoms with Gasteiger partial charge in [0.25, 0.3) is 0 Å². The van der Waals surface area contributed by atoms with Crippen LogP contribution in [0.4, 0.5) is 0 Å². The topological polar surface area (TPSA) is 239 Å². The van der Waals surface area contributed by atoms with E-state index in [0.29, 0.717) is 12.8 Å². The maximum atomic E-state index is 13.9. The summed E-state index contributed by atoms with van der Waals surface area (Å²) >= 11 is 0. The van der Waals surface area contributed by atoms with Crippen LogP contribution in [-0.2, 0) is 30.4 Å². The Hall–Kier alpha value is -3.49. The number of amides is 1. The Morgan fingerprint density at radius 1 is 0.825 bits per heavy atom. The monoisotopic (exact) mass is 849 g/mol. The fraction of sp³-hybridized carbons (Fsp3) is 0.667. The van der Waals surface area contributed by atoms with Gasteiger partial charge in [0.1, 0.15) is 6.04 Å². The molecule has 0 radical (unpaired) electrons. The number of carbonyl (C=O) groups is 5. The van der Waals surface area contributed by atoms with E-state index in [1.54, 1.807) is 14.7 Å². The van der Waals surface area contributed by atoms with Crippen molar-refractivity contribution in [1.29, 1.82) is 0 Å². The van der Waals surface area contributed by atoms with Crippen molar-refractivity contribution in [3.8, 4) is 0 Å². The summed E-state index contributed by atoms with van der Waals surface area (Å²) in [5, 5.41) is 60.3. The number of benzene rings is 1. The molecule has 4 N–H and O–H groups in total. The first kappa shape index (κ1) is 44.6. The number of aliphatic hydroxyl groups is 1. The molecule has 17 nitrogen and oxygen atoms in total. The number of nitrogens with one attached hydrogen (secondary N) is 2. The minimum Gasteiger partial charge on any atom is -0.549 e. The van der Waals surface area contributed by atoms with Gasteiger partial charge in [-0.1, -0.05) is 18.2 Å². The third kappa shape index (κ3) is 11.4. The molecule has 1 amide bonds. The van der Waals surface area contributed by atoms with Gasteiger partial charge in [-0.2, -0.15) is 0 Å². The zero-order chi connectivity index (χ0) is 39.9. The Bertz CT molecular complexity index is 1700. The molecule has 1 saturated carbocycles. The standard InChI is InChI=1S/C39H57N7O10.Ga/c47-32-8-7-25-21-46-11-9-27-26-4-1-2-5-29(26)41-37(27)31(46)20-28(25)36(32)38(54)40-10-3-6-30(39(55)56)45-18-16-43(23-34(50)51)14-12-42(22-33(48)49)13-15-44(17-19-45)24-35(52)53;/h1-2,4-5,25,28,30-32,36,41,47H,3,6-24H2,(H,40,54)(H,48,49)(H,50,51)(H,52,53)(H,55,56);/q;+3/p-3/t25-,28+,30?,31+,32?,36?;/m0./s1. The van der Waals surface area contributed by atoms with E-state index in [9.17, 15) is 49.5 Å². The minimum absolute atomic E-state index is 0. The van der Waals surface area contributed by atoms with E-state index in [4.69, 9.17) is 0 Å². The number of carboxylic acids is 4. The summed E-state index contributed by atoms with van der Waals surface area (Å²) in [7, 11) is 0. The van der Waals surface area contributed by atoms with E-state index in [0.717, 1.165) is 37.9 Å². The van der Waals surface area contributed by atoms with Crippen molar-refractivity contribution in [3.63, 3.8) is 0 Å².